The number of halogens is 3. The lowest BCUT2D eigenvalue weighted by atomic mass is 10.1. The van der Waals surface area contributed by atoms with Gasteiger partial charge in [-0.05, 0) is 23.8 Å². The zero-order valence-electron chi connectivity index (χ0n) is 9.41. The molecule has 2 rings (SSSR count). The number of amides is 1. The Bertz CT molecular complexity index is 508. The minimum atomic E-state index is -4.48. The molecule has 1 N–H and O–H groups in total. The molecule has 0 spiro atoms. The predicted molar refractivity (Wildman–Crippen MR) is 59.0 cm³/mol. The van der Waals surface area contributed by atoms with Crippen molar-refractivity contribution in [1.82, 2.24) is 5.32 Å². The molecule has 1 amide bonds. The number of alkyl halides is 3. The number of carbonyl (C=O) groups excluding carboxylic acids is 1. The first-order valence-electron chi connectivity index (χ1n) is 5.15. The first kappa shape index (κ1) is 12.5. The van der Waals surface area contributed by atoms with Crippen molar-refractivity contribution in [3.05, 3.63) is 35.9 Å². The van der Waals surface area contributed by atoms with Gasteiger partial charge in [0.05, 0.1) is 7.11 Å². The highest BCUT2D eigenvalue weighted by atomic mass is 19.4. The van der Waals surface area contributed by atoms with Crippen molar-refractivity contribution in [2.45, 2.75) is 12.2 Å². The number of rotatable bonds is 2. The fourth-order valence-electron chi connectivity index (χ4n) is 1.70. The van der Waals surface area contributed by atoms with Gasteiger partial charge in [-0.15, -0.1) is 0 Å². The SMILES string of the molecule is COc1cccc(C2=C[C@H](C(F)(F)F)NC2=O)c1. The maximum atomic E-state index is 12.5. The van der Waals surface area contributed by atoms with Gasteiger partial charge in [-0.2, -0.15) is 13.2 Å². The van der Waals surface area contributed by atoms with Gasteiger partial charge in [-0.25, -0.2) is 0 Å². The van der Waals surface area contributed by atoms with E-state index in [2.05, 4.69) is 0 Å². The zero-order valence-corrected chi connectivity index (χ0v) is 9.41. The Kier molecular flexibility index (Phi) is 3.02. The van der Waals surface area contributed by atoms with Gasteiger partial charge >= 0.3 is 6.18 Å². The van der Waals surface area contributed by atoms with Crippen LogP contribution < -0.4 is 10.1 Å². The molecule has 0 radical (unpaired) electrons. The topological polar surface area (TPSA) is 38.3 Å². The van der Waals surface area contributed by atoms with Crippen LogP contribution >= 0.6 is 0 Å². The lowest BCUT2D eigenvalue weighted by molar-refractivity contribution is -0.148. The maximum absolute atomic E-state index is 12.5. The summed E-state index contributed by atoms with van der Waals surface area (Å²) >= 11 is 0. The number of hydrogen-bond donors (Lipinski definition) is 1. The van der Waals surface area contributed by atoms with Crippen LogP contribution in [0.25, 0.3) is 5.57 Å². The van der Waals surface area contributed by atoms with Crippen LogP contribution in [-0.2, 0) is 4.79 Å². The van der Waals surface area contributed by atoms with E-state index in [4.69, 9.17) is 4.74 Å². The van der Waals surface area contributed by atoms with Crippen LogP contribution in [0.2, 0.25) is 0 Å². The summed E-state index contributed by atoms with van der Waals surface area (Å²) in [6.45, 7) is 0. The molecule has 0 fully saturated rings. The molecule has 3 nitrogen and oxygen atoms in total. The molecule has 0 aliphatic carbocycles. The van der Waals surface area contributed by atoms with Gasteiger partial charge in [0.1, 0.15) is 11.8 Å². The van der Waals surface area contributed by atoms with E-state index >= 15 is 0 Å². The number of ether oxygens (including phenoxy) is 1. The highest BCUT2D eigenvalue weighted by Crippen LogP contribution is 2.30. The fraction of sp³-hybridized carbons (Fsp3) is 0.250. The van der Waals surface area contributed by atoms with Gasteiger partial charge in [0.15, 0.2) is 0 Å². The highest BCUT2D eigenvalue weighted by molar-refractivity contribution is 6.22. The largest absolute Gasteiger partial charge is 0.497 e. The molecule has 0 aromatic heterocycles. The third-order valence-electron chi connectivity index (χ3n) is 2.60. The molecule has 1 aliphatic rings. The summed E-state index contributed by atoms with van der Waals surface area (Å²) in [5, 5.41) is 1.88. The Balaban J connectivity index is 2.35. The van der Waals surface area contributed by atoms with E-state index in [0.29, 0.717) is 11.3 Å². The van der Waals surface area contributed by atoms with Crippen molar-refractivity contribution in [3.8, 4) is 5.75 Å². The second kappa shape index (κ2) is 4.36. The summed E-state index contributed by atoms with van der Waals surface area (Å²) in [5.41, 5.74) is 0.412. The monoisotopic (exact) mass is 257 g/mol. The van der Waals surface area contributed by atoms with E-state index in [1.54, 1.807) is 18.2 Å². The first-order valence-corrected chi connectivity index (χ1v) is 5.15. The van der Waals surface area contributed by atoms with Crippen molar-refractivity contribution >= 4 is 11.5 Å². The van der Waals surface area contributed by atoms with E-state index in [1.165, 1.54) is 13.2 Å². The van der Waals surface area contributed by atoms with Crippen LogP contribution in [0.15, 0.2) is 30.3 Å². The number of nitrogens with one attached hydrogen (secondary N) is 1. The molecule has 18 heavy (non-hydrogen) atoms. The molecular weight excluding hydrogens is 247 g/mol. The summed E-state index contributed by atoms with van der Waals surface area (Å²) in [6.07, 6.45) is -3.59. The number of carbonyl (C=O) groups is 1. The molecule has 1 aromatic rings. The van der Waals surface area contributed by atoms with Gasteiger partial charge < -0.3 is 10.1 Å². The minimum absolute atomic E-state index is 0.0104. The van der Waals surface area contributed by atoms with Gasteiger partial charge in [-0.1, -0.05) is 12.1 Å². The predicted octanol–water partition coefficient (Wildman–Crippen LogP) is 2.14. The lowest BCUT2D eigenvalue weighted by Crippen LogP contribution is -2.39. The molecule has 0 unspecified atom stereocenters. The van der Waals surface area contributed by atoms with Gasteiger partial charge in [0.25, 0.3) is 5.91 Å². The van der Waals surface area contributed by atoms with Crippen LogP contribution in [0.5, 0.6) is 5.75 Å². The van der Waals surface area contributed by atoms with Gasteiger partial charge in [0, 0.05) is 5.57 Å². The maximum Gasteiger partial charge on any atom is 0.412 e. The molecule has 0 saturated heterocycles. The van der Waals surface area contributed by atoms with Crippen LogP contribution in [0.3, 0.4) is 0 Å². The third-order valence-corrected chi connectivity index (χ3v) is 2.60. The number of methoxy groups -OCH3 is 1. The molecule has 1 heterocycles. The van der Waals surface area contributed by atoms with Crippen molar-refractivity contribution in [2.24, 2.45) is 0 Å². The fourth-order valence-corrected chi connectivity index (χ4v) is 1.70. The zero-order chi connectivity index (χ0) is 13.3. The van der Waals surface area contributed by atoms with Crippen molar-refractivity contribution in [1.29, 1.82) is 0 Å². The van der Waals surface area contributed by atoms with E-state index in [9.17, 15) is 18.0 Å². The Morgan fingerprint density at radius 1 is 1.33 bits per heavy atom. The summed E-state index contributed by atoms with van der Waals surface area (Å²) in [6, 6.07) is 4.42. The summed E-state index contributed by atoms with van der Waals surface area (Å²) < 4.78 is 42.4. The minimum Gasteiger partial charge on any atom is -0.497 e. The average Bonchev–Trinajstić information content (AvgIpc) is 2.71. The summed E-state index contributed by atoms with van der Waals surface area (Å²) in [4.78, 5) is 11.5. The molecule has 0 saturated carbocycles. The van der Waals surface area contributed by atoms with Crippen LogP contribution in [0, 0.1) is 0 Å². The Labute approximate surface area is 101 Å². The van der Waals surface area contributed by atoms with Crippen LogP contribution in [0.1, 0.15) is 5.56 Å². The van der Waals surface area contributed by atoms with Crippen LogP contribution in [-0.4, -0.2) is 25.2 Å². The molecule has 0 bridgehead atoms. The Hall–Kier alpha value is -1.98. The average molecular weight is 257 g/mol. The van der Waals surface area contributed by atoms with Gasteiger partial charge in [-0.3, -0.25) is 4.79 Å². The standard InChI is InChI=1S/C12H10F3NO2/c1-18-8-4-2-3-7(5-8)9-6-10(12(13,14)15)16-11(9)17/h2-6,10H,1H3,(H,16,17)/t10-/m1/s1. The van der Waals surface area contributed by atoms with E-state index < -0.39 is 18.1 Å². The number of benzene rings is 1. The quantitative estimate of drug-likeness (QED) is 0.881. The first-order chi connectivity index (χ1) is 8.41. The molecule has 6 heteroatoms. The Morgan fingerprint density at radius 3 is 2.61 bits per heavy atom. The van der Waals surface area contributed by atoms with Crippen molar-refractivity contribution < 1.29 is 22.7 Å². The summed E-state index contributed by atoms with van der Waals surface area (Å²) in [7, 11) is 1.45. The van der Waals surface area contributed by atoms with Crippen molar-refractivity contribution in [2.75, 3.05) is 7.11 Å². The lowest BCUT2D eigenvalue weighted by Gasteiger charge is -2.12. The molecule has 1 aromatic carbocycles. The second-order valence-corrected chi connectivity index (χ2v) is 3.81. The van der Waals surface area contributed by atoms with Gasteiger partial charge in [0.2, 0.25) is 0 Å². The van der Waals surface area contributed by atoms with E-state index in [-0.39, 0.29) is 5.57 Å². The van der Waals surface area contributed by atoms with E-state index in [1.807, 2.05) is 5.32 Å². The molecule has 1 atom stereocenters. The molecule has 96 valence electrons. The van der Waals surface area contributed by atoms with Crippen LogP contribution in [0.4, 0.5) is 13.2 Å². The normalized spacial score (nSPS) is 19.4. The smallest absolute Gasteiger partial charge is 0.412 e. The summed E-state index contributed by atoms with van der Waals surface area (Å²) in [5.74, 6) is -0.248. The van der Waals surface area contributed by atoms with E-state index in [0.717, 1.165) is 6.08 Å². The Morgan fingerprint density at radius 2 is 2.06 bits per heavy atom. The van der Waals surface area contributed by atoms with Crippen molar-refractivity contribution in [3.63, 3.8) is 0 Å². The molecule has 1 aliphatic heterocycles. The number of hydrogen-bond acceptors (Lipinski definition) is 2. The second-order valence-electron chi connectivity index (χ2n) is 3.81. The third kappa shape index (κ3) is 2.32. The molecular formula is C12H10F3NO2. The highest BCUT2D eigenvalue weighted by Gasteiger charge is 2.43.